The molecule has 2 rings (SSSR count). The fourth-order valence-electron chi connectivity index (χ4n) is 2.03. The maximum Gasteiger partial charge on any atom is 0.339 e. The molecule has 1 heterocycles. The number of pyridine rings is 1. The summed E-state index contributed by atoms with van der Waals surface area (Å²) in [5.74, 6) is 0.209. The first kappa shape index (κ1) is 16.0. The number of hydrogen-bond acceptors (Lipinski definition) is 5. The van der Waals surface area contributed by atoms with E-state index in [0.717, 1.165) is 11.1 Å². The van der Waals surface area contributed by atoms with Gasteiger partial charge in [0.05, 0.1) is 18.3 Å². The number of nitrogens with zero attached hydrogens (tertiary/aromatic N) is 1. The minimum Gasteiger partial charge on any atom is -0.462 e. The lowest BCUT2D eigenvalue weighted by Crippen LogP contribution is -2.13. The molecule has 1 atom stereocenters. The summed E-state index contributed by atoms with van der Waals surface area (Å²) in [5.41, 5.74) is 2.37. The van der Waals surface area contributed by atoms with Gasteiger partial charge in [-0.3, -0.25) is 0 Å². The van der Waals surface area contributed by atoms with E-state index in [1.54, 1.807) is 19.1 Å². The lowest BCUT2D eigenvalue weighted by atomic mass is 10.1. The summed E-state index contributed by atoms with van der Waals surface area (Å²) in [4.78, 5) is 15.7. The number of carbonyl (C=O) groups excluding carboxylic acids is 1. The second kappa shape index (κ2) is 7.56. The summed E-state index contributed by atoms with van der Waals surface area (Å²) in [7, 11) is 0. The average Bonchev–Trinajstić information content (AvgIpc) is 2.53. The largest absolute Gasteiger partial charge is 0.462 e. The number of aryl methyl sites for hydroxylation is 1. The Bertz CT molecular complexity index is 626. The number of benzene rings is 1. The van der Waals surface area contributed by atoms with Gasteiger partial charge in [-0.05, 0) is 31.5 Å². The van der Waals surface area contributed by atoms with E-state index in [1.807, 2.05) is 31.2 Å². The molecule has 22 heavy (non-hydrogen) atoms. The van der Waals surface area contributed by atoms with E-state index in [2.05, 4.69) is 10.3 Å². The zero-order valence-corrected chi connectivity index (χ0v) is 12.7. The molecular formula is C17H20N2O3. The number of hydrogen-bond donors (Lipinski definition) is 2. The Labute approximate surface area is 130 Å². The highest BCUT2D eigenvalue weighted by Gasteiger charge is 2.09. The first-order chi connectivity index (χ1) is 10.6. The van der Waals surface area contributed by atoms with E-state index in [-0.39, 0.29) is 5.97 Å². The normalized spacial score (nSPS) is 11.8. The van der Waals surface area contributed by atoms with Gasteiger partial charge in [0.2, 0.25) is 0 Å². The Kier molecular flexibility index (Phi) is 5.49. The van der Waals surface area contributed by atoms with Crippen LogP contribution in [0.15, 0.2) is 42.6 Å². The minimum absolute atomic E-state index is 0.335. The quantitative estimate of drug-likeness (QED) is 0.803. The van der Waals surface area contributed by atoms with Gasteiger partial charge in [0.25, 0.3) is 0 Å². The molecule has 0 radical (unpaired) electrons. The number of aliphatic hydroxyl groups excluding tert-OH is 1. The predicted octanol–water partition coefficient (Wildman–Crippen LogP) is 2.71. The summed E-state index contributed by atoms with van der Waals surface area (Å²) >= 11 is 0. The van der Waals surface area contributed by atoms with Crippen LogP contribution in [0.3, 0.4) is 0 Å². The standard InChI is InChI=1S/C17H20N2O3/c1-3-22-17(21)14-7-8-16(18-10-14)19-11-15(20)13-6-4-5-12(2)9-13/h4-10,15,20H,3,11H2,1-2H3,(H,18,19). The molecule has 0 amide bonds. The SMILES string of the molecule is CCOC(=O)c1ccc(NCC(O)c2cccc(C)c2)nc1. The van der Waals surface area contributed by atoms with Crippen LogP contribution in [0.4, 0.5) is 5.82 Å². The van der Waals surface area contributed by atoms with Crippen molar-refractivity contribution in [3.63, 3.8) is 0 Å². The molecular weight excluding hydrogens is 280 g/mol. The Morgan fingerprint density at radius 1 is 1.36 bits per heavy atom. The Balaban J connectivity index is 1.93. The van der Waals surface area contributed by atoms with E-state index < -0.39 is 6.10 Å². The summed E-state index contributed by atoms with van der Waals surface area (Å²) in [6.45, 7) is 4.42. The number of nitrogens with one attached hydrogen (secondary N) is 1. The van der Waals surface area contributed by atoms with Crippen LogP contribution >= 0.6 is 0 Å². The maximum absolute atomic E-state index is 11.5. The van der Waals surface area contributed by atoms with Gasteiger partial charge < -0.3 is 15.2 Å². The number of carbonyl (C=O) groups is 1. The van der Waals surface area contributed by atoms with Crippen LogP contribution in [-0.4, -0.2) is 29.2 Å². The topological polar surface area (TPSA) is 71.5 Å². The van der Waals surface area contributed by atoms with E-state index in [4.69, 9.17) is 4.74 Å². The van der Waals surface area contributed by atoms with E-state index in [1.165, 1.54) is 6.20 Å². The van der Waals surface area contributed by atoms with E-state index >= 15 is 0 Å². The molecule has 0 spiro atoms. The zero-order valence-electron chi connectivity index (χ0n) is 12.7. The molecule has 0 saturated carbocycles. The summed E-state index contributed by atoms with van der Waals surface area (Å²) in [6.07, 6.45) is 0.839. The fraction of sp³-hybridized carbons (Fsp3) is 0.294. The number of aliphatic hydroxyl groups is 1. The predicted molar refractivity (Wildman–Crippen MR) is 84.8 cm³/mol. The highest BCUT2D eigenvalue weighted by molar-refractivity contribution is 5.89. The third-order valence-electron chi connectivity index (χ3n) is 3.18. The number of aromatic nitrogens is 1. The second-order valence-electron chi connectivity index (χ2n) is 4.96. The van der Waals surface area contributed by atoms with Crippen molar-refractivity contribution in [3.8, 4) is 0 Å². The summed E-state index contributed by atoms with van der Waals surface area (Å²) in [5, 5.41) is 13.2. The Morgan fingerprint density at radius 3 is 2.82 bits per heavy atom. The van der Waals surface area contributed by atoms with E-state index in [0.29, 0.717) is 24.5 Å². The molecule has 0 aliphatic carbocycles. The summed E-state index contributed by atoms with van der Waals surface area (Å²) in [6, 6.07) is 11.1. The van der Waals surface area contributed by atoms with Crippen molar-refractivity contribution >= 4 is 11.8 Å². The van der Waals surface area contributed by atoms with Crippen LogP contribution in [0.1, 0.15) is 34.5 Å². The summed E-state index contributed by atoms with van der Waals surface area (Å²) < 4.78 is 4.90. The lowest BCUT2D eigenvalue weighted by Gasteiger charge is -2.13. The van der Waals surface area contributed by atoms with Gasteiger partial charge >= 0.3 is 5.97 Å². The van der Waals surface area contributed by atoms with Gasteiger partial charge in [-0.25, -0.2) is 9.78 Å². The van der Waals surface area contributed by atoms with Gasteiger partial charge in [0.15, 0.2) is 0 Å². The molecule has 0 aliphatic rings. The van der Waals surface area contributed by atoms with Crippen LogP contribution in [0.5, 0.6) is 0 Å². The second-order valence-corrected chi connectivity index (χ2v) is 4.96. The average molecular weight is 300 g/mol. The molecule has 0 fully saturated rings. The molecule has 0 bridgehead atoms. The van der Waals surface area contributed by atoms with Crippen LogP contribution in [0.2, 0.25) is 0 Å². The molecule has 2 aromatic rings. The minimum atomic E-state index is -0.619. The molecule has 1 unspecified atom stereocenters. The monoisotopic (exact) mass is 300 g/mol. The van der Waals surface area contributed by atoms with Crippen molar-refractivity contribution in [1.29, 1.82) is 0 Å². The van der Waals surface area contributed by atoms with Crippen molar-refractivity contribution in [2.75, 3.05) is 18.5 Å². The number of ether oxygens (including phenoxy) is 1. The van der Waals surface area contributed by atoms with Gasteiger partial charge in [-0.1, -0.05) is 29.8 Å². The van der Waals surface area contributed by atoms with Crippen LogP contribution in [0, 0.1) is 6.92 Å². The van der Waals surface area contributed by atoms with Crippen LogP contribution in [0.25, 0.3) is 0 Å². The molecule has 2 N–H and O–H groups in total. The third-order valence-corrected chi connectivity index (χ3v) is 3.18. The van der Waals surface area contributed by atoms with Crippen molar-refractivity contribution in [1.82, 2.24) is 4.98 Å². The maximum atomic E-state index is 11.5. The molecule has 1 aromatic heterocycles. The number of rotatable bonds is 6. The van der Waals surface area contributed by atoms with Gasteiger partial charge in [-0.2, -0.15) is 0 Å². The zero-order chi connectivity index (χ0) is 15.9. The smallest absolute Gasteiger partial charge is 0.339 e. The fourth-order valence-corrected chi connectivity index (χ4v) is 2.03. The van der Waals surface area contributed by atoms with Gasteiger partial charge in [0, 0.05) is 12.7 Å². The van der Waals surface area contributed by atoms with Gasteiger partial charge in [-0.15, -0.1) is 0 Å². The van der Waals surface area contributed by atoms with Crippen LogP contribution < -0.4 is 5.32 Å². The van der Waals surface area contributed by atoms with E-state index in [9.17, 15) is 9.90 Å². The Hall–Kier alpha value is -2.40. The van der Waals surface area contributed by atoms with Crippen molar-refractivity contribution in [2.24, 2.45) is 0 Å². The molecule has 1 aromatic carbocycles. The third kappa shape index (κ3) is 4.30. The lowest BCUT2D eigenvalue weighted by molar-refractivity contribution is 0.0526. The molecule has 0 saturated heterocycles. The van der Waals surface area contributed by atoms with Crippen molar-refractivity contribution in [2.45, 2.75) is 20.0 Å². The van der Waals surface area contributed by atoms with Crippen molar-refractivity contribution < 1.29 is 14.6 Å². The molecule has 116 valence electrons. The Morgan fingerprint density at radius 2 is 2.18 bits per heavy atom. The number of esters is 1. The van der Waals surface area contributed by atoms with Crippen LogP contribution in [-0.2, 0) is 4.74 Å². The molecule has 0 aliphatic heterocycles. The first-order valence-corrected chi connectivity index (χ1v) is 7.22. The highest BCUT2D eigenvalue weighted by atomic mass is 16.5. The molecule has 5 nitrogen and oxygen atoms in total. The van der Waals surface area contributed by atoms with Crippen molar-refractivity contribution in [3.05, 3.63) is 59.3 Å². The number of anilines is 1. The first-order valence-electron chi connectivity index (χ1n) is 7.22. The highest BCUT2D eigenvalue weighted by Crippen LogP contribution is 2.15. The van der Waals surface area contributed by atoms with Gasteiger partial charge in [0.1, 0.15) is 5.82 Å². The molecule has 5 heteroatoms.